The first kappa shape index (κ1) is 19.6. The largest absolute Gasteiger partial charge is 0.496 e. The van der Waals surface area contributed by atoms with Gasteiger partial charge < -0.3 is 10.1 Å². The number of para-hydroxylation sites is 1. The molecule has 2 aromatic heterocycles. The number of benzene rings is 2. The Hall–Kier alpha value is -3.67. The van der Waals surface area contributed by atoms with Crippen molar-refractivity contribution in [2.24, 2.45) is 0 Å². The van der Waals surface area contributed by atoms with Crippen LogP contribution in [0.2, 0.25) is 0 Å². The molecule has 2 aromatic carbocycles. The van der Waals surface area contributed by atoms with Crippen LogP contribution >= 0.6 is 0 Å². The molecule has 2 heterocycles. The van der Waals surface area contributed by atoms with E-state index in [1.54, 1.807) is 17.7 Å². The normalized spacial score (nSPS) is 10.9. The molecule has 152 valence electrons. The summed E-state index contributed by atoms with van der Waals surface area (Å²) in [6.07, 6.45) is 0.856. The number of nitrogens with one attached hydrogen (secondary N) is 1. The van der Waals surface area contributed by atoms with Crippen LogP contribution in [0.15, 0.2) is 60.7 Å². The van der Waals surface area contributed by atoms with E-state index in [2.05, 4.69) is 5.32 Å². The van der Waals surface area contributed by atoms with Crippen molar-refractivity contribution >= 4 is 11.6 Å². The third-order valence-corrected chi connectivity index (χ3v) is 4.98. The molecule has 4 rings (SSSR count). The van der Waals surface area contributed by atoms with Gasteiger partial charge in [0.1, 0.15) is 11.4 Å². The fourth-order valence-electron chi connectivity index (χ4n) is 3.56. The maximum Gasteiger partial charge on any atom is 0.270 e. The van der Waals surface area contributed by atoms with Crippen LogP contribution in [0.25, 0.3) is 28.0 Å². The number of carbonyl (C=O) groups excluding carboxylic acids is 1. The van der Waals surface area contributed by atoms with Crippen LogP contribution in [0.3, 0.4) is 0 Å². The molecule has 1 amide bonds. The second kappa shape index (κ2) is 8.37. The number of methoxy groups -OCH3 is 1. The summed E-state index contributed by atoms with van der Waals surface area (Å²) in [5, 5.41) is 7.70. The summed E-state index contributed by atoms with van der Waals surface area (Å²) in [4.78, 5) is 17.5. The summed E-state index contributed by atoms with van der Waals surface area (Å²) < 4.78 is 7.37. The fraction of sp³-hybridized carbons (Fsp3) is 0.208. The highest BCUT2D eigenvalue weighted by Gasteiger charge is 2.21. The van der Waals surface area contributed by atoms with Crippen molar-refractivity contribution in [2.45, 2.75) is 20.3 Å². The lowest BCUT2D eigenvalue weighted by atomic mass is 10.1. The number of fused-ring (bicyclic) bond motifs is 1. The summed E-state index contributed by atoms with van der Waals surface area (Å²) in [5.41, 5.74) is 5.36. The number of hydrogen-bond acceptors (Lipinski definition) is 4. The summed E-state index contributed by atoms with van der Waals surface area (Å²) in [5.74, 6) is 0.507. The molecule has 0 saturated heterocycles. The third kappa shape index (κ3) is 3.52. The first-order chi connectivity index (χ1) is 14.6. The van der Waals surface area contributed by atoms with E-state index < -0.39 is 0 Å². The molecule has 0 fully saturated rings. The number of ether oxygens (including phenoxy) is 1. The molecule has 6 nitrogen and oxygen atoms in total. The van der Waals surface area contributed by atoms with Gasteiger partial charge in [-0.2, -0.15) is 5.10 Å². The molecule has 0 atom stereocenters. The van der Waals surface area contributed by atoms with Crippen LogP contribution < -0.4 is 10.1 Å². The Morgan fingerprint density at radius 1 is 1.10 bits per heavy atom. The van der Waals surface area contributed by atoms with E-state index in [9.17, 15) is 4.79 Å². The van der Waals surface area contributed by atoms with Gasteiger partial charge >= 0.3 is 0 Å². The van der Waals surface area contributed by atoms with Crippen LogP contribution in [0, 0.1) is 6.92 Å². The second-order valence-electron chi connectivity index (χ2n) is 7.04. The van der Waals surface area contributed by atoms with Crippen molar-refractivity contribution in [3.8, 4) is 28.1 Å². The minimum Gasteiger partial charge on any atom is -0.496 e. The van der Waals surface area contributed by atoms with Crippen LogP contribution in [-0.2, 0) is 0 Å². The number of amides is 1. The Morgan fingerprint density at radius 2 is 1.83 bits per heavy atom. The molecule has 4 aromatic rings. The summed E-state index contributed by atoms with van der Waals surface area (Å²) in [6.45, 7) is 4.57. The Morgan fingerprint density at radius 3 is 2.57 bits per heavy atom. The Bertz CT molecular complexity index is 1200. The van der Waals surface area contributed by atoms with Gasteiger partial charge in [0, 0.05) is 17.7 Å². The van der Waals surface area contributed by atoms with Crippen molar-refractivity contribution in [1.82, 2.24) is 19.9 Å². The molecule has 0 spiro atoms. The average molecular weight is 400 g/mol. The van der Waals surface area contributed by atoms with Gasteiger partial charge in [-0.1, -0.05) is 49.4 Å². The first-order valence-corrected chi connectivity index (χ1v) is 10.0. The van der Waals surface area contributed by atoms with Crippen molar-refractivity contribution in [1.29, 1.82) is 0 Å². The standard InChI is InChI=1S/C24H24N4O2/c1-4-14-25-24(29)19-15-20(18-12-8-9-13-21(18)30-3)28-23(26-19)22(16(2)27-28)17-10-6-5-7-11-17/h5-13,15H,4,14H2,1-3H3,(H,25,29). The topological polar surface area (TPSA) is 68.5 Å². The van der Waals surface area contributed by atoms with E-state index in [4.69, 9.17) is 14.8 Å². The number of aryl methyl sites for hydroxylation is 1. The smallest absolute Gasteiger partial charge is 0.270 e. The zero-order valence-corrected chi connectivity index (χ0v) is 17.3. The molecule has 1 N–H and O–H groups in total. The van der Waals surface area contributed by atoms with Gasteiger partial charge in [0.15, 0.2) is 5.65 Å². The highest BCUT2D eigenvalue weighted by Crippen LogP contribution is 2.34. The molecule has 0 bridgehead atoms. The van der Waals surface area contributed by atoms with E-state index in [1.165, 1.54) is 0 Å². The van der Waals surface area contributed by atoms with Crippen molar-refractivity contribution in [3.63, 3.8) is 0 Å². The SMILES string of the molecule is CCCNC(=O)c1cc(-c2ccccc2OC)n2nc(C)c(-c3ccccc3)c2n1. The lowest BCUT2D eigenvalue weighted by molar-refractivity contribution is 0.0949. The van der Waals surface area contributed by atoms with E-state index in [0.29, 0.717) is 23.6 Å². The lowest BCUT2D eigenvalue weighted by Crippen LogP contribution is -2.25. The van der Waals surface area contributed by atoms with Gasteiger partial charge in [-0.15, -0.1) is 0 Å². The molecule has 0 aliphatic heterocycles. The minimum atomic E-state index is -0.201. The Balaban J connectivity index is 2.02. The van der Waals surface area contributed by atoms with Gasteiger partial charge in [-0.05, 0) is 37.1 Å². The monoisotopic (exact) mass is 400 g/mol. The zero-order chi connectivity index (χ0) is 21.1. The molecule has 30 heavy (non-hydrogen) atoms. The van der Waals surface area contributed by atoms with Gasteiger partial charge in [-0.3, -0.25) is 4.79 Å². The Kier molecular flexibility index (Phi) is 5.48. The molecular formula is C24H24N4O2. The third-order valence-electron chi connectivity index (χ3n) is 4.98. The van der Waals surface area contributed by atoms with Crippen molar-refractivity contribution in [2.75, 3.05) is 13.7 Å². The number of carbonyl (C=O) groups is 1. The van der Waals surface area contributed by atoms with Crippen LogP contribution in [0.1, 0.15) is 29.5 Å². The highest BCUT2D eigenvalue weighted by molar-refractivity contribution is 5.95. The summed E-state index contributed by atoms with van der Waals surface area (Å²) >= 11 is 0. The van der Waals surface area contributed by atoms with E-state index >= 15 is 0 Å². The van der Waals surface area contributed by atoms with Gasteiger partial charge in [0.2, 0.25) is 0 Å². The molecule has 6 heteroatoms. The molecule has 0 radical (unpaired) electrons. The van der Waals surface area contributed by atoms with Crippen molar-refractivity contribution < 1.29 is 9.53 Å². The predicted molar refractivity (Wildman–Crippen MR) is 118 cm³/mol. The quantitative estimate of drug-likeness (QED) is 0.517. The Labute approximate surface area is 175 Å². The molecule has 0 saturated carbocycles. The summed E-state index contributed by atoms with van der Waals surface area (Å²) in [7, 11) is 1.63. The average Bonchev–Trinajstić information content (AvgIpc) is 3.13. The highest BCUT2D eigenvalue weighted by atomic mass is 16.5. The molecular weight excluding hydrogens is 376 g/mol. The van der Waals surface area contributed by atoms with Gasteiger partial charge in [0.05, 0.1) is 18.5 Å². The van der Waals surface area contributed by atoms with E-state index in [1.807, 2.05) is 68.4 Å². The number of rotatable bonds is 6. The van der Waals surface area contributed by atoms with E-state index in [-0.39, 0.29) is 5.91 Å². The number of nitrogens with zero attached hydrogens (tertiary/aromatic N) is 3. The van der Waals surface area contributed by atoms with Crippen LogP contribution in [0.4, 0.5) is 0 Å². The second-order valence-corrected chi connectivity index (χ2v) is 7.04. The lowest BCUT2D eigenvalue weighted by Gasteiger charge is -2.12. The molecule has 0 aliphatic carbocycles. The van der Waals surface area contributed by atoms with Crippen LogP contribution in [-0.4, -0.2) is 34.2 Å². The molecule has 0 unspecified atom stereocenters. The number of hydrogen-bond donors (Lipinski definition) is 1. The summed E-state index contributed by atoms with van der Waals surface area (Å²) in [6, 6.07) is 19.5. The fourth-order valence-corrected chi connectivity index (χ4v) is 3.56. The van der Waals surface area contributed by atoms with Crippen LogP contribution in [0.5, 0.6) is 5.75 Å². The minimum absolute atomic E-state index is 0.201. The van der Waals surface area contributed by atoms with Crippen molar-refractivity contribution in [3.05, 3.63) is 72.1 Å². The predicted octanol–water partition coefficient (Wildman–Crippen LogP) is 4.52. The van der Waals surface area contributed by atoms with Gasteiger partial charge in [0.25, 0.3) is 5.91 Å². The first-order valence-electron chi connectivity index (χ1n) is 10.0. The van der Waals surface area contributed by atoms with Gasteiger partial charge in [-0.25, -0.2) is 9.50 Å². The maximum absolute atomic E-state index is 12.8. The van der Waals surface area contributed by atoms with E-state index in [0.717, 1.165) is 34.5 Å². The zero-order valence-electron chi connectivity index (χ0n) is 17.3. The number of aromatic nitrogens is 3. The maximum atomic E-state index is 12.8. The molecule has 0 aliphatic rings.